The molecular formula is C29H30N6O2. The van der Waals surface area contributed by atoms with Gasteiger partial charge in [0.2, 0.25) is 11.7 Å². The van der Waals surface area contributed by atoms with Crippen LogP contribution in [0.4, 0.5) is 5.69 Å². The number of benzene rings is 3. The lowest BCUT2D eigenvalue weighted by Crippen LogP contribution is -2.50. The molecule has 1 saturated heterocycles. The van der Waals surface area contributed by atoms with Crippen molar-refractivity contribution in [1.29, 1.82) is 0 Å². The van der Waals surface area contributed by atoms with Crippen LogP contribution in [0.25, 0.3) is 17.1 Å². The maximum absolute atomic E-state index is 13.4. The van der Waals surface area contributed by atoms with E-state index in [-0.39, 0.29) is 24.2 Å². The normalized spacial score (nSPS) is 13.9. The summed E-state index contributed by atoms with van der Waals surface area (Å²) in [7, 11) is 0. The summed E-state index contributed by atoms with van der Waals surface area (Å²) < 4.78 is 1.72. The minimum atomic E-state index is -0.202. The van der Waals surface area contributed by atoms with Gasteiger partial charge >= 0.3 is 0 Å². The van der Waals surface area contributed by atoms with E-state index in [9.17, 15) is 9.59 Å². The van der Waals surface area contributed by atoms with E-state index in [0.29, 0.717) is 32.0 Å². The molecule has 2 heterocycles. The van der Waals surface area contributed by atoms with Crippen molar-refractivity contribution in [2.24, 2.45) is 0 Å². The van der Waals surface area contributed by atoms with Crippen LogP contribution in [-0.4, -0.2) is 69.1 Å². The minimum absolute atomic E-state index is 0.0482. The highest BCUT2D eigenvalue weighted by molar-refractivity contribution is 5.94. The fourth-order valence-corrected chi connectivity index (χ4v) is 4.57. The molecule has 0 spiro atoms. The molecular weight excluding hydrogens is 464 g/mol. The molecule has 3 aromatic carbocycles. The average Bonchev–Trinajstić information content (AvgIpc) is 3.38. The lowest BCUT2D eigenvalue weighted by atomic mass is 10.1. The number of rotatable bonds is 6. The van der Waals surface area contributed by atoms with Crippen LogP contribution >= 0.6 is 0 Å². The number of amides is 2. The van der Waals surface area contributed by atoms with Gasteiger partial charge in [0.25, 0.3) is 5.91 Å². The first-order valence-corrected chi connectivity index (χ1v) is 12.4. The van der Waals surface area contributed by atoms with Crippen LogP contribution < -0.4 is 5.32 Å². The molecule has 0 saturated carbocycles. The second-order valence-electron chi connectivity index (χ2n) is 9.26. The smallest absolute Gasteiger partial charge is 0.293 e. The van der Waals surface area contributed by atoms with Gasteiger partial charge in [-0.05, 0) is 37.1 Å². The minimum Gasteiger partial charge on any atom is -0.333 e. The number of aromatic nitrogens is 3. The molecule has 1 aliphatic heterocycles. The number of carbonyl (C=O) groups is 2. The van der Waals surface area contributed by atoms with Gasteiger partial charge in [0.1, 0.15) is 0 Å². The van der Waals surface area contributed by atoms with E-state index in [2.05, 4.69) is 20.3 Å². The molecule has 37 heavy (non-hydrogen) atoms. The molecule has 4 aromatic rings. The van der Waals surface area contributed by atoms with Crippen LogP contribution in [-0.2, 0) is 4.79 Å². The summed E-state index contributed by atoms with van der Waals surface area (Å²) in [5.74, 6) is 0.542. The number of anilines is 1. The lowest BCUT2D eigenvalue weighted by Gasteiger charge is -2.33. The molecule has 8 nitrogen and oxygen atoms in total. The Labute approximate surface area is 216 Å². The lowest BCUT2D eigenvalue weighted by molar-refractivity contribution is -0.117. The van der Waals surface area contributed by atoms with Crippen molar-refractivity contribution in [3.05, 3.63) is 95.8 Å². The molecule has 0 atom stereocenters. The molecule has 1 aromatic heterocycles. The zero-order valence-electron chi connectivity index (χ0n) is 21.1. The Morgan fingerprint density at radius 3 is 2.08 bits per heavy atom. The van der Waals surface area contributed by atoms with Gasteiger partial charge in [0.05, 0.1) is 12.2 Å². The van der Waals surface area contributed by atoms with Crippen molar-refractivity contribution < 1.29 is 9.59 Å². The third-order valence-electron chi connectivity index (χ3n) is 6.60. The molecule has 2 amide bonds. The van der Waals surface area contributed by atoms with Gasteiger partial charge in [-0.3, -0.25) is 14.5 Å². The second kappa shape index (κ2) is 10.8. The number of carbonyl (C=O) groups excluding carboxylic acids is 2. The Morgan fingerprint density at radius 1 is 0.811 bits per heavy atom. The fourth-order valence-electron chi connectivity index (χ4n) is 4.57. The Kier molecular flexibility index (Phi) is 7.09. The average molecular weight is 495 g/mol. The van der Waals surface area contributed by atoms with Crippen LogP contribution in [0.15, 0.2) is 78.9 Å². The maximum Gasteiger partial charge on any atom is 0.293 e. The summed E-state index contributed by atoms with van der Waals surface area (Å²) in [4.78, 5) is 34.5. The topological polar surface area (TPSA) is 83.4 Å². The van der Waals surface area contributed by atoms with Crippen LogP contribution in [0.3, 0.4) is 0 Å². The van der Waals surface area contributed by atoms with Gasteiger partial charge in [-0.1, -0.05) is 66.7 Å². The van der Waals surface area contributed by atoms with Crippen LogP contribution in [0.5, 0.6) is 0 Å². The summed E-state index contributed by atoms with van der Waals surface area (Å²) in [5.41, 5.74) is 4.68. The Balaban J connectivity index is 1.25. The third-order valence-corrected chi connectivity index (χ3v) is 6.60. The van der Waals surface area contributed by atoms with Crippen molar-refractivity contribution in [2.75, 3.05) is 38.0 Å². The molecule has 0 bridgehead atoms. The van der Waals surface area contributed by atoms with Gasteiger partial charge in [-0.15, -0.1) is 5.10 Å². The second-order valence-corrected chi connectivity index (χ2v) is 9.26. The number of aryl methyl sites for hydroxylation is 2. The predicted octanol–water partition coefficient (Wildman–Crippen LogP) is 3.95. The van der Waals surface area contributed by atoms with Gasteiger partial charge < -0.3 is 10.2 Å². The Bertz CT molecular complexity index is 1320. The van der Waals surface area contributed by atoms with Crippen molar-refractivity contribution in [1.82, 2.24) is 24.6 Å². The quantitative estimate of drug-likeness (QED) is 0.439. The number of nitrogens with zero attached hydrogens (tertiary/aromatic N) is 5. The van der Waals surface area contributed by atoms with E-state index in [1.807, 2.05) is 92.7 Å². The van der Waals surface area contributed by atoms with Gasteiger partial charge in [0, 0.05) is 37.4 Å². The Morgan fingerprint density at radius 2 is 1.43 bits per heavy atom. The first-order valence-electron chi connectivity index (χ1n) is 12.4. The van der Waals surface area contributed by atoms with E-state index in [1.54, 1.807) is 9.58 Å². The third kappa shape index (κ3) is 5.44. The molecule has 0 radical (unpaired) electrons. The van der Waals surface area contributed by atoms with E-state index in [1.165, 1.54) is 0 Å². The van der Waals surface area contributed by atoms with Gasteiger partial charge in [-0.2, -0.15) is 0 Å². The summed E-state index contributed by atoms with van der Waals surface area (Å²) in [6, 6.07) is 25.4. The summed E-state index contributed by atoms with van der Waals surface area (Å²) in [5, 5.41) is 7.64. The number of nitrogens with one attached hydrogen (secondary N) is 1. The van der Waals surface area contributed by atoms with E-state index in [4.69, 9.17) is 0 Å². The zero-order valence-corrected chi connectivity index (χ0v) is 21.1. The zero-order chi connectivity index (χ0) is 25.8. The molecule has 0 unspecified atom stereocenters. The molecule has 1 fully saturated rings. The summed E-state index contributed by atoms with van der Waals surface area (Å²) in [6.45, 7) is 6.50. The first kappa shape index (κ1) is 24.4. The van der Waals surface area contributed by atoms with E-state index in [0.717, 1.165) is 28.1 Å². The number of hydrogen-bond acceptors (Lipinski definition) is 5. The van der Waals surface area contributed by atoms with Crippen molar-refractivity contribution >= 4 is 17.5 Å². The van der Waals surface area contributed by atoms with Gasteiger partial charge in [-0.25, -0.2) is 9.67 Å². The maximum atomic E-state index is 13.4. The molecule has 8 heteroatoms. The highest BCUT2D eigenvalue weighted by atomic mass is 16.2. The first-order chi connectivity index (χ1) is 18.0. The van der Waals surface area contributed by atoms with E-state index >= 15 is 0 Å². The van der Waals surface area contributed by atoms with Crippen LogP contribution in [0, 0.1) is 13.8 Å². The fraction of sp³-hybridized carbons (Fsp3) is 0.241. The highest BCUT2D eigenvalue weighted by Gasteiger charge is 2.27. The van der Waals surface area contributed by atoms with E-state index < -0.39 is 0 Å². The van der Waals surface area contributed by atoms with Crippen molar-refractivity contribution in [2.45, 2.75) is 13.8 Å². The number of hydrogen-bond donors (Lipinski definition) is 1. The SMILES string of the molecule is Cc1cccc(C)c1NC(=O)CN1CCN(C(=O)c2nc(-c3ccccc3)n(-c3ccccc3)n2)CC1. The van der Waals surface area contributed by atoms with Gasteiger partial charge in [0.15, 0.2) is 5.82 Å². The van der Waals surface area contributed by atoms with Crippen molar-refractivity contribution in [3.8, 4) is 17.1 Å². The monoisotopic (exact) mass is 494 g/mol. The predicted molar refractivity (Wildman–Crippen MR) is 144 cm³/mol. The highest BCUT2D eigenvalue weighted by Crippen LogP contribution is 2.22. The molecule has 1 N–H and O–H groups in total. The molecule has 188 valence electrons. The number of piperazine rings is 1. The Hall–Kier alpha value is -4.30. The van der Waals surface area contributed by atoms with Crippen LogP contribution in [0.2, 0.25) is 0 Å². The summed E-state index contributed by atoms with van der Waals surface area (Å²) in [6.07, 6.45) is 0. The van der Waals surface area contributed by atoms with Crippen LogP contribution in [0.1, 0.15) is 21.7 Å². The standard InChI is InChI=1S/C29H30N6O2/c1-21-10-9-11-22(2)26(21)30-25(36)20-33-16-18-34(19-17-33)29(37)27-31-28(23-12-5-3-6-13-23)35(32-27)24-14-7-4-8-15-24/h3-15H,16-20H2,1-2H3,(H,30,36). The summed E-state index contributed by atoms with van der Waals surface area (Å²) >= 11 is 0. The largest absolute Gasteiger partial charge is 0.333 e. The molecule has 5 rings (SSSR count). The number of para-hydroxylation sites is 2. The van der Waals surface area contributed by atoms with Crippen molar-refractivity contribution in [3.63, 3.8) is 0 Å². The molecule has 0 aliphatic carbocycles. The molecule has 1 aliphatic rings.